The minimum Gasteiger partial charge on any atom is -0.481 e. The first-order valence-electron chi connectivity index (χ1n) is 8.64. The first kappa shape index (κ1) is 18.3. The smallest absolute Gasteiger partial charge is 0.261 e. The molecule has 0 radical (unpaired) electrons. The number of aromatic nitrogens is 2. The van der Waals surface area contributed by atoms with Gasteiger partial charge in [-0.3, -0.25) is 4.79 Å². The Bertz CT molecular complexity index is 936. The molecule has 1 atom stereocenters. The number of carbonyl (C=O) groups is 1. The van der Waals surface area contributed by atoms with E-state index >= 15 is 0 Å². The number of ether oxygens (including phenoxy) is 1. The third kappa shape index (κ3) is 3.83. The third-order valence-corrected chi connectivity index (χ3v) is 4.52. The Balaban J connectivity index is 1.66. The Labute approximate surface area is 157 Å². The summed E-state index contributed by atoms with van der Waals surface area (Å²) in [5.74, 6) is 1.30. The Kier molecular flexibility index (Phi) is 5.47. The summed E-state index contributed by atoms with van der Waals surface area (Å²) in [5, 5.41) is 3.56. The second-order valence-corrected chi connectivity index (χ2v) is 6.59. The molecule has 2 aromatic carbocycles. The molecule has 1 aromatic heterocycles. The lowest BCUT2D eigenvalue weighted by atomic mass is 10.2. The summed E-state index contributed by atoms with van der Waals surface area (Å²) >= 11 is 5.95. The Hall–Kier alpha value is -2.53. The highest BCUT2D eigenvalue weighted by Crippen LogP contribution is 2.23. The van der Waals surface area contributed by atoms with E-state index in [1.807, 2.05) is 37.3 Å². The summed E-state index contributed by atoms with van der Waals surface area (Å²) in [4.78, 5) is 17.0. The maximum absolute atomic E-state index is 12.4. The number of imidazole rings is 1. The van der Waals surface area contributed by atoms with Gasteiger partial charge in [-0.1, -0.05) is 23.7 Å². The van der Waals surface area contributed by atoms with Crippen molar-refractivity contribution in [3.8, 4) is 5.75 Å². The maximum Gasteiger partial charge on any atom is 0.261 e. The molecular formula is C20H22ClN3O2. The maximum atomic E-state index is 12.4. The molecular weight excluding hydrogens is 350 g/mol. The van der Waals surface area contributed by atoms with E-state index in [-0.39, 0.29) is 5.91 Å². The second kappa shape index (κ2) is 7.79. The molecule has 0 fully saturated rings. The van der Waals surface area contributed by atoms with Gasteiger partial charge in [-0.05, 0) is 56.7 Å². The number of para-hydroxylation sites is 2. The molecule has 0 aliphatic rings. The van der Waals surface area contributed by atoms with E-state index in [1.165, 1.54) is 0 Å². The summed E-state index contributed by atoms with van der Waals surface area (Å²) in [6, 6.07) is 13.3. The Morgan fingerprint density at radius 3 is 2.81 bits per heavy atom. The van der Waals surface area contributed by atoms with Gasteiger partial charge in [0.05, 0.1) is 17.6 Å². The SMILES string of the molecule is CCn1c(CNC(=O)C(C)Oc2ccc(Cl)cc2C)nc2ccccc21. The van der Waals surface area contributed by atoms with E-state index in [2.05, 4.69) is 21.8 Å². The van der Waals surface area contributed by atoms with Crippen molar-refractivity contribution in [2.45, 2.75) is 40.0 Å². The molecule has 5 nitrogen and oxygen atoms in total. The lowest BCUT2D eigenvalue weighted by Crippen LogP contribution is -2.36. The summed E-state index contributed by atoms with van der Waals surface area (Å²) in [5.41, 5.74) is 2.89. The highest BCUT2D eigenvalue weighted by atomic mass is 35.5. The first-order valence-corrected chi connectivity index (χ1v) is 9.02. The van der Waals surface area contributed by atoms with Crippen LogP contribution < -0.4 is 10.1 Å². The summed E-state index contributed by atoms with van der Waals surface area (Å²) in [6.07, 6.45) is -0.616. The molecule has 6 heteroatoms. The van der Waals surface area contributed by atoms with Crippen molar-refractivity contribution in [1.82, 2.24) is 14.9 Å². The highest BCUT2D eigenvalue weighted by molar-refractivity contribution is 6.30. The molecule has 1 N–H and O–H groups in total. The van der Waals surface area contributed by atoms with E-state index in [0.29, 0.717) is 17.3 Å². The fraction of sp³-hybridized carbons (Fsp3) is 0.300. The van der Waals surface area contributed by atoms with Crippen LogP contribution in [0.15, 0.2) is 42.5 Å². The molecule has 0 aliphatic carbocycles. The van der Waals surface area contributed by atoms with E-state index in [9.17, 15) is 4.79 Å². The zero-order chi connectivity index (χ0) is 18.7. The van der Waals surface area contributed by atoms with Crippen molar-refractivity contribution in [1.29, 1.82) is 0 Å². The van der Waals surface area contributed by atoms with E-state index in [4.69, 9.17) is 16.3 Å². The zero-order valence-corrected chi connectivity index (χ0v) is 15.9. The number of hydrogen-bond acceptors (Lipinski definition) is 3. The third-order valence-electron chi connectivity index (χ3n) is 4.28. The molecule has 136 valence electrons. The van der Waals surface area contributed by atoms with Crippen LogP contribution in [0, 0.1) is 6.92 Å². The van der Waals surface area contributed by atoms with Crippen molar-refractivity contribution >= 4 is 28.5 Å². The number of halogens is 1. The molecule has 1 heterocycles. The second-order valence-electron chi connectivity index (χ2n) is 6.15. The number of fused-ring (bicyclic) bond motifs is 1. The molecule has 1 amide bonds. The van der Waals surface area contributed by atoms with Crippen LogP contribution in [0.4, 0.5) is 0 Å². The van der Waals surface area contributed by atoms with Crippen LogP contribution in [-0.2, 0) is 17.9 Å². The number of hydrogen-bond donors (Lipinski definition) is 1. The van der Waals surface area contributed by atoms with Crippen LogP contribution in [-0.4, -0.2) is 21.6 Å². The number of carbonyl (C=O) groups excluding carboxylic acids is 1. The molecule has 3 rings (SSSR count). The topological polar surface area (TPSA) is 56.2 Å². The number of amides is 1. The average molecular weight is 372 g/mol. The number of nitrogens with one attached hydrogen (secondary N) is 1. The van der Waals surface area contributed by atoms with Crippen LogP contribution in [0.25, 0.3) is 11.0 Å². The first-order chi connectivity index (χ1) is 12.5. The van der Waals surface area contributed by atoms with Gasteiger partial charge in [-0.25, -0.2) is 4.98 Å². The molecule has 3 aromatic rings. The average Bonchev–Trinajstić information content (AvgIpc) is 2.99. The molecule has 0 bridgehead atoms. The van der Waals surface area contributed by atoms with Crippen LogP contribution in [0.3, 0.4) is 0 Å². The van der Waals surface area contributed by atoms with Gasteiger partial charge in [0.2, 0.25) is 0 Å². The molecule has 26 heavy (non-hydrogen) atoms. The summed E-state index contributed by atoms with van der Waals surface area (Å²) in [6.45, 7) is 6.84. The van der Waals surface area contributed by atoms with Gasteiger partial charge in [-0.2, -0.15) is 0 Å². The monoisotopic (exact) mass is 371 g/mol. The largest absolute Gasteiger partial charge is 0.481 e. The van der Waals surface area contributed by atoms with Gasteiger partial charge < -0.3 is 14.6 Å². The normalized spacial score (nSPS) is 12.2. The zero-order valence-electron chi connectivity index (χ0n) is 15.1. The standard InChI is InChI=1S/C20H22ClN3O2/c1-4-24-17-8-6-5-7-16(17)23-19(24)12-22-20(25)14(3)26-18-10-9-15(21)11-13(18)2/h5-11,14H,4,12H2,1-3H3,(H,22,25). The van der Waals surface area contributed by atoms with Crippen molar-refractivity contribution in [2.24, 2.45) is 0 Å². The van der Waals surface area contributed by atoms with Crippen LogP contribution in [0.2, 0.25) is 5.02 Å². The summed E-state index contributed by atoms with van der Waals surface area (Å²) < 4.78 is 7.87. The van der Waals surface area contributed by atoms with Gasteiger partial charge in [0.1, 0.15) is 11.6 Å². The molecule has 0 spiro atoms. The van der Waals surface area contributed by atoms with Gasteiger partial charge in [0.15, 0.2) is 6.10 Å². The van der Waals surface area contributed by atoms with Crippen LogP contribution >= 0.6 is 11.6 Å². The fourth-order valence-corrected chi connectivity index (χ4v) is 3.14. The van der Waals surface area contributed by atoms with Crippen molar-refractivity contribution in [2.75, 3.05) is 0 Å². The molecule has 0 saturated carbocycles. The number of nitrogens with zero attached hydrogens (tertiary/aromatic N) is 2. The van der Waals surface area contributed by atoms with E-state index in [0.717, 1.165) is 29.0 Å². The quantitative estimate of drug-likeness (QED) is 0.709. The van der Waals surface area contributed by atoms with Crippen LogP contribution in [0.1, 0.15) is 25.2 Å². The molecule has 1 unspecified atom stereocenters. The lowest BCUT2D eigenvalue weighted by Gasteiger charge is -2.16. The van der Waals surface area contributed by atoms with E-state index < -0.39 is 6.10 Å². The van der Waals surface area contributed by atoms with Gasteiger partial charge in [0.25, 0.3) is 5.91 Å². The Morgan fingerprint density at radius 2 is 2.08 bits per heavy atom. The molecule has 0 saturated heterocycles. The van der Waals surface area contributed by atoms with Crippen molar-refractivity contribution in [3.05, 3.63) is 58.9 Å². The fourth-order valence-electron chi connectivity index (χ4n) is 2.91. The van der Waals surface area contributed by atoms with Crippen LogP contribution in [0.5, 0.6) is 5.75 Å². The van der Waals surface area contributed by atoms with Gasteiger partial charge in [0, 0.05) is 11.6 Å². The summed E-state index contributed by atoms with van der Waals surface area (Å²) in [7, 11) is 0. The van der Waals surface area contributed by atoms with Crippen molar-refractivity contribution in [3.63, 3.8) is 0 Å². The van der Waals surface area contributed by atoms with Crippen molar-refractivity contribution < 1.29 is 9.53 Å². The Morgan fingerprint density at radius 1 is 1.31 bits per heavy atom. The predicted molar refractivity (Wildman–Crippen MR) is 104 cm³/mol. The number of rotatable bonds is 6. The minimum absolute atomic E-state index is 0.186. The highest BCUT2D eigenvalue weighted by Gasteiger charge is 2.17. The van der Waals surface area contributed by atoms with Gasteiger partial charge in [-0.15, -0.1) is 0 Å². The lowest BCUT2D eigenvalue weighted by molar-refractivity contribution is -0.127. The minimum atomic E-state index is -0.616. The number of aryl methyl sites for hydroxylation is 2. The molecule has 0 aliphatic heterocycles. The van der Waals surface area contributed by atoms with E-state index in [1.54, 1.807) is 19.1 Å². The predicted octanol–water partition coefficient (Wildman–Crippen LogP) is 4.10. The van der Waals surface area contributed by atoms with Gasteiger partial charge >= 0.3 is 0 Å². The number of benzene rings is 2.